The summed E-state index contributed by atoms with van der Waals surface area (Å²) in [5.41, 5.74) is 1.95. The van der Waals surface area contributed by atoms with E-state index in [-0.39, 0.29) is 5.69 Å². The van der Waals surface area contributed by atoms with Crippen LogP contribution in [0.5, 0.6) is 5.75 Å². The lowest BCUT2D eigenvalue weighted by atomic mass is 10.2. The standard InChI is InChI=1S/C14H14ClN3O3/c1-16-10-5-11(7-12(6-10)18(19)20)17-9-3-4-14(21-2)13(15)8-9/h3-8,16-17H,1-2H3. The highest BCUT2D eigenvalue weighted by Gasteiger charge is 2.10. The number of non-ortho nitro benzene ring substituents is 1. The second-order valence-corrected chi connectivity index (χ2v) is 4.66. The van der Waals surface area contributed by atoms with Crippen molar-refractivity contribution in [1.82, 2.24) is 0 Å². The van der Waals surface area contributed by atoms with E-state index >= 15 is 0 Å². The highest BCUT2D eigenvalue weighted by Crippen LogP contribution is 2.31. The van der Waals surface area contributed by atoms with Crippen LogP contribution in [0.4, 0.5) is 22.7 Å². The van der Waals surface area contributed by atoms with E-state index in [2.05, 4.69) is 10.6 Å². The molecule has 0 spiro atoms. The fraction of sp³-hybridized carbons (Fsp3) is 0.143. The molecular weight excluding hydrogens is 294 g/mol. The van der Waals surface area contributed by atoms with Gasteiger partial charge in [-0.15, -0.1) is 0 Å². The molecule has 0 fully saturated rings. The summed E-state index contributed by atoms with van der Waals surface area (Å²) in [4.78, 5) is 10.5. The number of halogens is 1. The molecule has 0 atom stereocenters. The van der Waals surface area contributed by atoms with Gasteiger partial charge >= 0.3 is 0 Å². The van der Waals surface area contributed by atoms with Crippen molar-refractivity contribution in [3.8, 4) is 5.75 Å². The average Bonchev–Trinajstić information content (AvgIpc) is 2.47. The Labute approximate surface area is 126 Å². The molecular formula is C14H14ClN3O3. The second-order valence-electron chi connectivity index (χ2n) is 4.25. The number of hydrogen-bond acceptors (Lipinski definition) is 5. The minimum absolute atomic E-state index is 0.00367. The summed E-state index contributed by atoms with van der Waals surface area (Å²) in [7, 11) is 3.24. The summed E-state index contributed by atoms with van der Waals surface area (Å²) in [6.07, 6.45) is 0. The van der Waals surface area contributed by atoms with Gasteiger partial charge in [-0.1, -0.05) is 11.6 Å². The topological polar surface area (TPSA) is 76.4 Å². The quantitative estimate of drug-likeness (QED) is 0.644. The molecule has 0 saturated carbocycles. The molecule has 0 aliphatic rings. The molecule has 0 saturated heterocycles. The monoisotopic (exact) mass is 307 g/mol. The number of nitro benzene ring substituents is 1. The summed E-state index contributed by atoms with van der Waals surface area (Å²) in [6.45, 7) is 0. The predicted octanol–water partition coefficient (Wildman–Crippen LogP) is 4.04. The van der Waals surface area contributed by atoms with Gasteiger partial charge in [0.15, 0.2) is 0 Å². The SMILES string of the molecule is CNc1cc(Nc2ccc(OC)c(Cl)c2)cc([N+](=O)[O-])c1. The molecule has 0 amide bonds. The van der Waals surface area contributed by atoms with Crippen LogP contribution in [0.3, 0.4) is 0 Å². The first kappa shape index (κ1) is 14.9. The zero-order valence-electron chi connectivity index (χ0n) is 11.5. The Hall–Kier alpha value is -2.47. The van der Waals surface area contributed by atoms with Crippen LogP contribution in [0.2, 0.25) is 5.02 Å². The van der Waals surface area contributed by atoms with E-state index < -0.39 is 4.92 Å². The van der Waals surface area contributed by atoms with Gasteiger partial charge in [-0.05, 0) is 24.3 Å². The van der Waals surface area contributed by atoms with Crippen molar-refractivity contribution in [2.45, 2.75) is 0 Å². The van der Waals surface area contributed by atoms with Gasteiger partial charge in [0.1, 0.15) is 5.75 Å². The van der Waals surface area contributed by atoms with Crippen LogP contribution in [0.15, 0.2) is 36.4 Å². The number of benzene rings is 2. The van der Waals surface area contributed by atoms with Gasteiger partial charge in [-0.25, -0.2) is 0 Å². The van der Waals surface area contributed by atoms with Crippen molar-refractivity contribution < 1.29 is 9.66 Å². The Kier molecular flexibility index (Phi) is 4.49. The lowest BCUT2D eigenvalue weighted by molar-refractivity contribution is -0.384. The largest absolute Gasteiger partial charge is 0.495 e. The van der Waals surface area contributed by atoms with Crippen LogP contribution in [-0.2, 0) is 0 Å². The molecule has 21 heavy (non-hydrogen) atoms. The minimum Gasteiger partial charge on any atom is -0.495 e. The van der Waals surface area contributed by atoms with Crippen molar-refractivity contribution in [3.05, 3.63) is 51.5 Å². The maximum atomic E-state index is 10.9. The first-order valence-corrected chi connectivity index (χ1v) is 6.49. The maximum absolute atomic E-state index is 10.9. The van der Waals surface area contributed by atoms with Crippen molar-refractivity contribution in [1.29, 1.82) is 0 Å². The zero-order chi connectivity index (χ0) is 15.4. The molecule has 2 rings (SSSR count). The molecule has 0 radical (unpaired) electrons. The van der Waals surface area contributed by atoms with Gasteiger partial charge in [0.25, 0.3) is 5.69 Å². The van der Waals surface area contributed by atoms with Gasteiger partial charge in [0.2, 0.25) is 0 Å². The van der Waals surface area contributed by atoms with Crippen LogP contribution < -0.4 is 15.4 Å². The van der Waals surface area contributed by atoms with Crippen LogP contribution >= 0.6 is 11.6 Å². The first-order valence-electron chi connectivity index (χ1n) is 6.11. The minimum atomic E-state index is -0.437. The Morgan fingerprint density at radius 1 is 1.14 bits per heavy atom. The lowest BCUT2D eigenvalue weighted by Crippen LogP contribution is -1.97. The zero-order valence-corrected chi connectivity index (χ0v) is 12.3. The third kappa shape index (κ3) is 3.55. The van der Waals surface area contributed by atoms with E-state index in [1.165, 1.54) is 19.2 Å². The summed E-state index contributed by atoms with van der Waals surface area (Å²) >= 11 is 6.05. The molecule has 0 heterocycles. The van der Waals surface area contributed by atoms with Crippen LogP contribution in [0.25, 0.3) is 0 Å². The Bertz CT molecular complexity index is 677. The molecule has 2 aromatic carbocycles. The Morgan fingerprint density at radius 2 is 1.86 bits per heavy atom. The van der Waals surface area contributed by atoms with E-state index in [0.717, 1.165) is 0 Å². The summed E-state index contributed by atoms with van der Waals surface area (Å²) in [5.74, 6) is 0.567. The van der Waals surface area contributed by atoms with E-state index in [1.54, 1.807) is 31.3 Å². The molecule has 0 aliphatic carbocycles. The molecule has 7 heteroatoms. The Balaban J connectivity index is 2.32. The smallest absolute Gasteiger partial charge is 0.273 e. The summed E-state index contributed by atoms with van der Waals surface area (Å²) < 4.78 is 5.08. The highest BCUT2D eigenvalue weighted by atomic mass is 35.5. The van der Waals surface area contributed by atoms with Gasteiger partial charge in [-0.3, -0.25) is 10.1 Å². The van der Waals surface area contributed by atoms with Gasteiger partial charge < -0.3 is 15.4 Å². The van der Waals surface area contributed by atoms with Gasteiger partial charge in [0.05, 0.1) is 17.1 Å². The number of nitro groups is 1. The average molecular weight is 308 g/mol. The van der Waals surface area contributed by atoms with Crippen LogP contribution in [-0.4, -0.2) is 19.1 Å². The van der Waals surface area contributed by atoms with Crippen molar-refractivity contribution in [3.63, 3.8) is 0 Å². The van der Waals surface area contributed by atoms with Gasteiger partial charge in [0, 0.05) is 36.2 Å². The third-order valence-corrected chi connectivity index (χ3v) is 3.15. The number of anilines is 3. The molecule has 110 valence electrons. The van der Waals surface area contributed by atoms with E-state index in [9.17, 15) is 10.1 Å². The lowest BCUT2D eigenvalue weighted by Gasteiger charge is -2.10. The normalized spacial score (nSPS) is 10.0. The molecule has 0 aliphatic heterocycles. The molecule has 0 unspecified atom stereocenters. The Morgan fingerprint density at radius 3 is 2.43 bits per heavy atom. The van der Waals surface area contributed by atoms with Crippen LogP contribution in [0, 0.1) is 10.1 Å². The van der Waals surface area contributed by atoms with Crippen molar-refractivity contribution >= 4 is 34.4 Å². The number of ether oxygens (including phenoxy) is 1. The predicted molar refractivity (Wildman–Crippen MR) is 83.9 cm³/mol. The first-order chi connectivity index (χ1) is 10.0. The van der Waals surface area contributed by atoms with Crippen molar-refractivity contribution in [2.75, 3.05) is 24.8 Å². The molecule has 6 nitrogen and oxygen atoms in total. The molecule has 2 N–H and O–H groups in total. The molecule has 2 aromatic rings. The fourth-order valence-corrected chi connectivity index (χ4v) is 2.10. The van der Waals surface area contributed by atoms with Crippen LogP contribution in [0.1, 0.15) is 0 Å². The van der Waals surface area contributed by atoms with E-state index in [0.29, 0.717) is 27.8 Å². The van der Waals surface area contributed by atoms with E-state index in [4.69, 9.17) is 16.3 Å². The third-order valence-electron chi connectivity index (χ3n) is 2.86. The van der Waals surface area contributed by atoms with Gasteiger partial charge in [-0.2, -0.15) is 0 Å². The summed E-state index contributed by atoms with van der Waals surface area (Å²) in [5, 5.41) is 17.4. The highest BCUT2D eigenvalue weighted by molar-refractivity contribution is 6.32. The van der Waals surface area contributed by atoms with Crippen molar-refractivity contribution in [2.24, 2.45) is 0 Å². The number of nitrogens with zero attached hydrogens (tertiary/aromatic N) is 1. The fourth-order valence-electron chi connectivity index (χ4n) is 1.84. The number of nitrogens with one attached hydrogen (secondary N) is 2. The summed E-state index contributed by atoms with van der Waals surface area (Å²) in [6, 6.07) is 9.89. The maximum Gasteiger partial charge on any atom is 0.273 e. The number of hydrogen-bond donors (Lipinski definition) is 2. The number of rotatable bonds is 5. The van der Waals surface area contributed by atoms with E-state index in [1.807, 2.05) is 0 Å². The molecule has 0 bridgehead atoms. The molecule has 0 aromatic heterocycles. The number of methoxy groups -OCH3 is 1. The second kappa shape index (κ2) is 6.32.